The Hall–Kier alpha value is -3.75. The molecular weight excluding hydrogens is 620 g/mol. The van der Waals surface area contributed by atoms with Crippen LogP contribution in [0.2, 0.25) is 5.02 Å². The predicted molar refractivity (Wildman–Crippen MR) is 167 cm³/mol. The number of fused-ring (bicyclic) bond motifs is 2. The maximum atomic E-state index is 13.9. The smallest absolute Gasteiger partial charge is 0.310 e. The van der Waals surface area contributed by atoms with Crippen molar-refractivity contribution in [2.24, 2.45) is 0 Å². The van der Waals surface area contributed by atoms with Crippen molar-refractivity contribution in [1.29, 1.82) is 0 Å². The van der Waals surface area contributed by atoms with E-state index in [1.807, 2.05) is 37.4 Å². The van der Waals surface area contributed by atoms with Gasteiger partial charge < -0.3 is 24.3 Å². The molecule has 1 unspecified atom stereocenters. The minimum atomic E-state index is -4.02. The number of aromatic nitrogens is 2. The number of aliphatic hydroxyl groups is 1. The van der Waals surface area contributed by atoms with Gasteiger partial charge in [0.2, 0.25) is 5.91 Å². The van der Waals surface area contributed by atoms with Crippen molar-refractivity contribution < 1.29 is 27.5 Å². The van der Waals surface area contributed by atoms with Gasteiger partial charge in [-0.25, -0.2) is 13.4 Å². The van der Waals surface area contributed by atoms with Crippen molar-refractivity contribution in [3.05, 3.63) is 82.5 Å². The molecule has 2 N–H and O–H groups in total. The van der Waals surface area contributed by atoms with E-state index in [9.17, 15) is 23.1 Å². The number of likely N-dealkylation sites (N-methyl/N-ethyl adjacent to an activating group) is 1. The molecular formula is C31H35ClN6O6S. The fraction of sp³-hybridized carbons (Fsp3) is 0.387. The fourth-order valence-electron chi connectivity index (χ4n) is 5.93. The van der Waals surface area contributed by atoms with Crippen LogP contribution in [-0.4, -0.2) is 107 Å². The highest BCUT2D eigenvalue weighted by Gasteiger charge is 2.40. The lowest BCUT2D eigenvalue weighted by atomic mass is 10.1. The van der Waals surface area contributed by atoms with E-state index in [1.165, 1.54) is 20.2 Å². The normalized spacial score (nSPS) is 17.8. The molecule has 1 atom stereocenters. The maximum Gasteiger partial charge on any atom is 0.310 e. The third kappa shape index (κ3) is 6.63. The van der Waals surface area contributed by atoms with Crippen molar-refractivity contribution in [1.82, 2.24) is 29.0 Å². The Morgan fingerprint density at radius 2 is 1.93 bits per heavy atom. The average molecular weight is 655 g/mol. The number of oxazole rings is 1. The van der Waals surface area contributed by atoms with Crippen molar-refractivity contribution in [3.63, 3.8) is 0 Å². The Kier molecular flexibility index (Phi) is 8.98. The van der Waals surface area contributed by atoms with Crippen molar-refractivity contribution >= 4 is 44.3 Å². The number of nitrogens with one attached hydrogen (secondary N) is 1. The quantitative estimate of drug-likeness (QED) is 0.281. The first-order chi connectivity index (χ1) is 21.6. The number of H-pyrrole nitrogens is 1. The lowest BCUT2D eigenvalue weighted by Gasteiger charge is -2.40. The van der Waals surface area contributed by atoms with Gasteiger partial charge in [-0.05, 0) is 36.9 Å². The van der Waals surface area contributed by atoms with E-state index in [4.69, 9.17) is 16.0 Å². The van der Waals surface area contributed by atoms with Crippen LogP contribution in [0.15, 0.2) is 64.0 Å². The Bertz CT molecular complexity index is 1810. The molecule has 2 amide bonds. The van der Waals surface area contributed by atoms with Crippen LogP contribution in [0.3, 0.4) is 0 Å². The highest BCUT2D eigenvalue weighted by molar-refractivity contribution is 7.89. The molecule has 45 heavy (non-hydrogen) atoms. The summed E-state index contributed by atoms with van der Waals surface area (Å²) in [4.78, 5) is 40.1. The number of halogens is 1. The monoisotopic (exact) mass is 654 g/mol. The molecule has 2 aliphatic rings. The number of hydrogen-bond acceptors (Lipinski definition) is 8. The summed E-state index contributed by atoms with van der Waals surface area (Å²) in [6.07, 6.45) is 0.498. The molecule has 2 aromatic heterocycles. The minimum Gasteiger partial charge on any atom is -0.436 e. The van der Waals surface area contributed by atoms with Crippen LogP contribution in [0.25, 0.3) is 10.9 Å². The Balaban J connectivity index is 1.28. The van der Waals surface area contributed by atoms with Gasteiger partial charge in [0.05, 0.1) is 24.9 Å². The van der Waals surface area contributed by atoms with Crippen LogP contribution in [0, 0.1) is 0 Å². The number of sulfonamides is 1. The third-order valence-corrected chi connectivity index (χ3v) is 10.4. The summed E-state index contributed by atoms with van der Waals surface area (Å²) in [5, 5.41) is 10.9. The number of piperazine rings is 1. The zero-order valence-corrected chi connectivity index (χ0v) is 26.4. The molecule has 4 aromatic rings. The molecule has 12 nitrogen and oxygen atoms in total. The summed E-state index contributed by atoms with van der Waals surface area (Å²) in [7, 11) is -2.06. The molecule has 6 rings (SSSR count). The lowest BCUT2D eigenvalue weighted by molar-refractivity contribution is -0.133. The summed E-state index contributed by atoms with van der Waals surface area (Å²) in [6.45, 7) is 1.38. The highest BCUT2D eigenvalue weighted by Crippen LogP contribution is 2.28. The Morgan fingerprint density at radius 3 is 2.71 bits per heavy atom. The fourth-order valence-corrected chi connectivity index (χ4v) is 7.59. The molecule has 2 aliphatic heterocycles. The lowest BCUT2D eigenvalue weighted by Crippen LogP contribution is -2.57. The highest BCUT2D eigenvalue weighted by atomic mass is 35.5. The topological polar surface area (TPSA) is 143 Å². The van der Waals surface area contributed by atoms with Gasteiger partial charge in [0.25, 0.3) is 15.9 Å². The van der Waals surface area contributed by atoms with E-state index in [0.29, 0.717) is 34.7 Å². The largest absolute Gasteiger partial charge is 0.436 e. The predicted octanol–water partition coefficient (Wildman–Crippen LogP) is 2.72. The van der Waals surface area contributed by atoms with Crippen LogP contribution in [0.5, 0.6) is 0 Å². The molecule has 0 radical (unpaired) electrons. The van der Waals surface area contributed by atoms with Gasteiger partial charge in [-0.1, -0.05) is 41.9 Å². The molecule has 0 aliphatic carbocycles. The van der Waals surface area contributed by atoms with E-state index in [-0.39, 0.29) is 62.6 Å². The molecule has 0 spiro atoms. The number of aromatic amines is 1. The maximum absolute atomic E-state index is 13.9. The van der Waals surface area contributed by atoms with Gasteiger partial charge in [0, 0.05) is 68.0 Å². The van der Waals surface area contributed by atoms with Gasteiger partial charge in [0.1, 0.15) is 10.8 Å². The van der Waals surface area contributed by atoms with Crippen LogP contribution >= 0.6 is 11.6 Å². The second-order valence-electron chi connectivity index (χ2n) is 11.5. The average Bonchev–Trinajstić information content (AvgIpc) is 3.65. The summed E-state index contributed by atoms with van der Waals surface area (Å²) in [6, 6.07) is 15.2. The van der Waals surface area contributed by atoms with E-state index >= 15 is 0 Å². The van der Waals surface area contributed by atoms with Crippen LogP contribution in [0.4, 0.5) is 0 Å². The van der Waals surface area contributed by atoms with Crippen LogP contribution < -0.4 is 0 Å². The zero-order chi connectivity index (χ0) is 31.7. The van der Waals surface area contributed by atoms with Gasteiger partial charge in [-0.15, -0.1) is 0 Å². The summed E-state index contributed by atoms with van der Waals surface area (Å²) >= 11 is 6.12. The first-order valence-corrected chi connectivity index (χ1v) is 16.6. The van der Waals surface area contributed by atoms with Crippen LogP contribution in [0.1, 0.15) is 34.1 Å². The molecule has 14 heteroatoms. The number of carbonyl (C=O) groups is 2. The molecule has 1 saturated heterocycles. The van der Waals surface area contributed by atoms with E-state index in [0.717, 1.165) is 17.8 Å². The first-order valence-electron chi connectivity index (χ1n) is 14.8. The third-order valence-electron chi connectivity index (χ3n) is 8.34. The van der Waals surface area contributed by atoms with E-state index in [1.54, 1.807) is 18.2 Å². The first kappa shape index (κ1) is 31.2. The summed E-state index contributed by atoms with van der Waals surface area (Å²) < 4.78 is 34.9. The molecule has 238 valence electrons. The van der Waals surface area contributed by atoms with Gasteiger partial charge in [-0.2, -0.15) is 4.31 Å². The molecule has 2 aromatic carbocycles. The number of aliphatic hydroxyl groups excluding tert-OH is 1. The minimum absolute atomic E-state index is 0.0000932. The number of rotatable bonds is 9. The number of benzene rings is 2. The van der Waals surface area contributed by atoms with Crippen molar-refractivity contribution in [3.8, 4) is 0 Å². The van der Waals surface area contributed by atoms with Crippen LogP contribution in [-0.2, 0) is 34.3 Å². The number of nitrogens with zero attached hydrogens (tertiary/aromatic N) is 5. The molecule has 0 saturated carbocycles. The summed E-state index contributed by atoms with van der Waals surface area (Å²) in [5.74, 6) is -0.229. The van der Waals surface area contributed by atoms with E-state index in [2.05, 4.69) is 14.9 Å². The number of amides is 2. The Morgan fingerprint density at radius 1 is 1.13 bits per heavy atom. The molecule has 0 bridgehead atoms. The Labute approximate surface area is 266 Å². The number of carbonyl (C=O) groups excluding carboxylic acids is 2. The molecule has 1 fully saturated rings. The second kappa shape index (κ2) is 12.9. The van der Waals surface area contributed by atoms with Crippen molar-refractivity contribution in [2.75, 3.05) is 46.4 Å². The van der Waals surface area contributed by atoms with Gasteiger partial charge >= 0.3 is 5.91 Å². The zero-order valence-electron chi connectivity index (χ0n) is 24.9. The molecule has 4 heterocycles. The van der Waals surface area contributed by atoms with Crippen molar-refractivity contribution in [2.45, 2.75) is 37.0 Å². The number of hydrogen-bond donors (Lipinski definition) is 2. The van der Waals surface area contributed by atoms with Gasteiger partial charge in [0.15, 0.2) is 0 Å². The SMILES string of the molecule is CN1CCc2nc(C(=O)N3CCN(S(=O)(=O)c4cc5cc(Cl)ccc5[nH]4)CC3CC(=O)N(CCO)Cc3ccccc3)oc2C1. The van der Waals surface area contributed by atoms with Gasteiger partial charge in [-0.3, -0.25) is 14.5 Å². The van der Waals surface area contributed by atoms with E-state index < -0.39 is 22.0 Å². The second-order valence-corrected chi connectivity index (χ2v) is 13.8. The standard InChI is InChI=1S/C31H35ClN6O6S/c1-35-10-9-26-27(20-35)44-30(34-26)31(41)38-12-11-37(45(42,43)28-16-22-15-23(32)7-8-25(22)33-28)19-24(38)17-29(40)36(13-14-39)18-21-5-3-2-4-6-21/h2-8,15-16,24,33,39H,9-14,17-20H2,1H3. The summed E-state index contributed by atoms with van der Waals surface area (Å²) in [5.41, 5.74) is 2.24.